The van der Waals surface area contributed by atoms with Gasteiger partial charge in [-0.15, -0.1) is 0 Å². The molecule has 1 heteroatoms. The zero-order chi connectivity index (χ0) is 20.5. The predicted octanol–water partition coefficient (Wildman–Crippen LogP) is 9.73. The molecule has 0 radical (unpaired) electrons. The number of hydrogen-bond acceptors (Lipinski definition) is 1. The lowest BCUT2D eigenvalue weighted by Crippen LogP contribution is -1.88. The van der Waals surface area contributed by atoms with Crippen LogP contribution in [0.15, 0.2) is 12.2 Å². The van der Waals surface area contributed by atoms with Crippen molar-refractivity contribution in [1.82, 2.24) is 0 Å². The van der Waals surface area contributed by atoms with E-state index in [9.17, 15) is 4.79 Å². The molecule has 0 atom stereocenters. The minimum Gasteiger partial charge on any atom is -0.300 e. The largest absolute Gasteiger partial charge is 0.300 e. The first-order chi connectivity index (χ1) is 13.8. The SMILES string of the molecule is CCCCCCCCCCCCCCCCC/C=C/CCCCCCC(C)=O. The summed E-state index contributed by atoms with van der Waals surface area (Å²) < 4.78 is 0. The predicted molar refractivity (Wildman–Crippen MR) is 127 cm³/mol. The first kappa shape index (κ1) is 27.4. The highest BCUT2D eigenvalue weighted by Crippen LogP contribution is 2.14. The lowest BCUT2D eigenvalue weighted by Gasteiger charge is -2.03. The summed E-state index contributed by atoms with van der Waals surface area (Å²) in [6.45, 7) is 3.99. The van der Waals surface area contributed by atoms with Crippen molar-refractivity contribution in [1.29, 1.82) is 0 Å². The maximum absolute atomic E-state index is 10.8. The van der Waals surface area contributed by atoms with Crippen LogP contribution in [0, 0.1) is 0 Å². The minimum atomic E-state index is 0.336. The third-order valence-corrected chi connectivity index (χ3v) is 5.79. The second-order valence-electron chi connectivity index (χ2n) is 8.86. The molecule has 0 aliphatic carbocycles. The lowest BCUT2D eigenvalue weighted by molar-refractivity contribution is -0.117. The maximum atomic E-state index is 10.8. The lowest BCUT2D eigenvalue weighted by atomic mass is 10.0. The quantitative estimate of drug-likeness (QED) is 0.125. The molecular formula is C27H52O. The van der Waals surface area contributed by atoms with Gasteiger partial charge in [-0.05, 0) is 39.0 Å². The van der Waals surface area contributed by atoms with Gasteiger partial charge in [-0.1, -0.05) is 122 Å². The Labute approximate surface area is 178 Å². The molecule has 0 aliphatic rings. The average molecular weight is 393 g/mol. The van der Waals surface area contributed by atoms with Crippen molar-refractivity contribution >= 4 is 5.78 Å². The van der Waals surface area contributed by atoms with Crippen molar-refractivity contribution in [2.75, 3.05) is 0 Å². The maximum Gasteiger partial charge on any atom is 0.129 e. The summed E-state index contributed by atoms with van der Waals surface area (Å²) in [5, 5.41) is 0. The van der Waals surface area contributed by atoms with E-state index in [4.69, 9.17) is 0 Å². The Balaban J connectivity index is 3.07. The highest BCUT2D eigenvalue weighted by Gasteiger charge is 1.95. The van der Waals surface area contributed by atoms with Gasteiger partial charge >= 0.3 is 0 Å². The minimum absolute atomic E-state index is 0.336. The van der Waals surface area contributed by atoms with Gasteiger partial charge in [-0.2, -0.15) is 0 Å². The van der Waals surface area contributed by atoms with Gasteiger partial charge in [0.05, 0.1) is 0 Å². The number of carbonyl (C=O) groups is 1. The first-order valence-corrected chi connectivity index (χ1v) is 12.9. The fourth-order valence-corrected chi connectivity index (χ4v) is 3.86. The van der Waals surface area contributed by atoms with Crippen molar-refractivity contribution in [3.63, 3.8) is 0 Å². The van der Waals surface area contributed by atoms with Gasteiger partial charge in [-0.3, -0.25) is 0 Å². The van der Waals surface area contributed by atoms with E-state index in [-0.39, 0.29) is 0 Å². The van der Waals surface area contributed by atoms with E-state index in [0.717, 1.165) is 12.8 Å². The van der Waals surface area contributed by atoms with E-state index in [1.807, 2.05) is 0 Å². The van der Waals surface area contributed by atoms with Crippen molar-refractivity contribution in [2.24, 2.45) is 0 Å². The van der Waals surface area contributed by atoms with Gasteiger partial charge in [-0.25, -0.2) is 0 Å². The monoisotopic (exact) mass is 392 g/mol. The fourth-order valence-electron chi connectivity index (χ4n) is 3.86. The molecule has 0 aromatic carbocycles. The Hall–Kier alpha value is -0.590. The topological polar surface area (TPSA) is 17.1 Å². The van der Waals surface area contributed by atoms with Crippen molar-refractivity contribution in [3.05, 3.63) is 12.2 Å². The number of hydrogen-bond donors (Lipinski definition) is 0. The van der Waals surface area contributed by atoms with Gasteiger partial charge < -0.3 is 4.79 Å². The zero-order valence-corrected chi connectivity index (χ0v) is 19.6. The summed E-state index contributed by atoms with van der Waals surface area (Å²) >= 11 is 0. The molecule has 0 saturated carbocycles. The molecule has 0 N–H and O–H groups in total. The van der Waals surface area contributed by atoms with Crippen LogP contribution >= 0.6 is 0 Å². The molecule has 0 fully saturated rings. The molecule has 0 aromatic heterocycles. The second kappa shape index (κ2) is 24.4. The summed E-state index contributed by atoms with van der Waals surface area (Å²) in [7, 11) is 0. The molecule has 0 bridgehead atoms. The van der Waals surface area contributed by atoms with Crippen molar-refractivity contribution < 1.29 is 4.79 Å². The number of allylic oxidation sites excluding steroid dienone is 2. The van der Waals surface area contributed by atoms with E-state index in [1.54, 1.807) is 6.92 Å². The molecule has 0 rings (SSSR count). The Kier molecular flexibility index (Phi) is 23.9. The number of ketones is 1. The van der Waals surface area contributed by atoms with Gasteiger partial charge in [0.25, 0.3) is 0 Å². The molecule has 0 amide bonds. The van der Waals surface area contributed by atoms with Gasteiger partial charge in [0.15, 0.2) is 0 Å². The van der Waals surface area contributed by atoms with Crippen LogP contribution in [-0.4, -0.2) is 5.78 Å². The molecule has 1 nitrogen and oxygen atoms in total. The summed E-state index contributed by atoms with van der Waals surface area (Å²) in [5.41, 5.74) is 0. The van der Waals surface area contributed by atoms with E-state index >= 15 is 0 Å². The van der Waals surface area contributed by atoms with Gasteiger partial charge in [0.1, 0.15) is 5.78 Å². The molecular weight excluding hydrogens is 340 g/mol. The Morgan fingerprint density at radius 1 is 0.500 bits per heavy atom. The number of rotatable bonds is 23. The zero-order valence-electron chi connectivity index (χ0n) is 19.6. The molecule has 0 heterocycles. The summed E-state index contributed by atoms with van der Waals surface area (Å²) in [4.78, 5) is 10.8. The van der Waals surface area contributed by atoms with Crippen LogP contribution in [0.5, 0.6) is 0 Å². The van der Waals surface area contributed by atoms with E-state index in [0.29, 0.717) is 5.78 Å². The molecule has 166 valence electrons. The van der Waals surface area contributed by atoms with Crippen LogP contribution in [0.2, 0.25) is 0 Å². The Morgan fingerprint density at radius 2 is 0.821 bits per heavy atom. The van der Waals surface area contributed by atoms with Crippen LogP contribution < -0.4 is 0 Å². The number of Topliss-reactive ketones (excluding diaryl/α,β-unsaturated/α-hetero) is 1. The Morgan fingerprint density at radius 3 is 1.18 bits per heavy atom. The summed E-state index contributed by atoms with van der Waals surface area (Å²) in [6.07, 6.45) is 34.5. The summed E-state index contributed by atoms with van der Waals surface area (Å²) in [5.74, 6) is 0.336. The van der Waals surface area contributed by atoms with Crippen LogP contribution in [0.3, 0.4) is 0 Å². The average Bonchev–Trinajstić information content (AvgIpc) is 2.68. The normalized spacial score (nSPS) is 11.5. The van der Waals surface area contributed by atoms with Crippen LogP contribution in [0.25, 0.3) is 0 Å². The highest BCUT2D eigenvalue weighted by molar-refractivity contribution is 5.75. The van der Waals surface area contributed by atoms with E-state index in [1.165, 1.54) is 128 Å². The standard InChI is InChI=1S/C27H52O/c1-3-4-5-6-7-8-9-10-11-12-13-14-15-16-17-18-19-20-21-22-23-24-25-26-27(2)28/h19-20H,3-18,21-26H2,1-2H3/b20-19+. The van der Waals surface area contributed by atoms with E-state index < -0.39 is 0 Å². The molecule has 28 heavy (non-hydrogen) atoms. The third-order valence-electron chi connectivity index (χ3n) is 5.79. The summed E-state index contributed by atoms with van der Waals surface area (Å²) in [6, 6.07) is 0. The van der Waals surface area contributed by atoms with Gasteiger partial charge in [0, 0.05) is 6.42 Å². The number of carbonyl (C=O) groups excluding carboxylic acids is 1. The Bertz CT molecular complexity index is 331. The number of unbranched alkanes of at least 4 members (excludes halogenated alkanes) is 19. The molecule has 0 spiro atoms. The van der Waals surface area contributed by atoms with Crippen LogP contribution in [0.1, 0.15) is 155 Å². The molecule has 0 aliphatic heterocycles. The second-order valence-corrected chi connectivity index (χ2v) is 8.86. The molecule has 0 unspecified atom stereocenters. The van der Waals surface area contributed by atoms with Crippen LogP contribution in [-0.2, 0) is 4.79 Å². The molecule has 0 aromatic rings. The third kappa shape index (κ3) is 25.4. The van der Waals surface area contributed by atoms with Gasteiger partial charge in [0.2, 0.25) is 0 Å². The fraction of sp³-hybridized carbons (Fsp3) is 0.889. The van der Waals surface area contributed by atoms with Crippen molar-refractivity contribution in [2.45, 2.75) is 155 Å². The van der Waals surface area contributed by atoms with E-state index in [2.05, 4.69) is 19.1 Å². The highest BCUT2D eigenvalue weighted by atomic mass is 16.1. The van der Waals surface area contributed by atoms with Crippen LogP contribution in [0.4, 0.5) is 0 Å². The van der Waals surface area contributed by atoms with Crippen molar-refractivity contribution in [3.8, 4) is 0 Å². The first-order valence-electron chi connectivity index (χ1n) is 12.9. The molecule has 0 saturated heterocycles. The smallest absolute Gasteiger partial charge is 0.129 e.